The van der Waals surface area contributed by atoms with E-state index in [-0.39, 0.29) is 0 Å². The van der Waals surface area contributed by atoms with E-state index in [0.717, 1.165) is 30.0 Å². The van der Waals surface area contributed by atoms with E-state index in [1.54, 1.807) is 35.6 Å². The molecule has 0 bridgehead atoms. The Kier molecular flexibility index (Phi) is 6.83. The molecule has 0 aliphatic heterocycles. The minimum absolute atomic E-state index is 0.322. The third kappa shape index (κ3) is 5.78. The standard InChI is InChI=1S/C21H23N3O4S/c1-15-23-17(13-29-15)11-27-18-7-5-16(6-8-18)20(26)28-12-19(25)24-21(14-22)9-3-2-4-10-21/h5-8,13H,2-4,9-12H2,1H3,(H,24,25). The smallest absolute Gasteiger partial charge is 0.338 e. The molecular weight excluding hydrogens is 390 g/mol. The van der Waals surface area contributed by atoms with Crippen LogP contribution in [-0.4, -0.2) is 29.0 Å². The van der Waals surface area contributed by atoms with Crippen molar-refractivity contribution in [1.29, 1.82) is 5.26 Å². The van der Waals surface area contributed by atoms with Crippen molar-refractivity contribution < 1.29 is 19.1 Å². The Balaban J connectivity index is 1.46. The lowest BCUT2D eigenvalue weighted by Gasteiger charge is -2.31. The summed E-state index contributed by atoms with van der Waals surface area (Å²) in [5, 5.41) is 15.1. The molecule has 1 aliphatic carbocycles. The Hall–Kier alpha value is -2.92. The summed E-state index contributed by atoms with van der Waals surface area (Å²) in [7, 11) is 0. The first-order valence-electron chi connectivity index (χ1n) is 9.53. The van der Waals surface area contributed by atoms with Gasteiger partial charge in [0, 0.05) is 5.38 Å². The topological polar surface area (TPSA) is 101 Å². The summed E-state index contributed by atoms with van der Waals surface area (Å²) in [6.07, 6.45) is 4.14. The number of nitriles is 1. The highest BCUT2D eigenvalue weighted by Gasteiger charge is 2.33. The molecule has 7 nitrogen and oxygen atoms in total. The van der Waals surface area contributed by atoms with Crippen molar-refractivity contribution in [2.24, 2.45) is 0 Å². The van der Waals surface area contributed by atoms with Crippen molar-refractivity contribution in [2.45, 2.75) is 51.2 Å². The molecule has 1 aromatic heterocycles. The fraction of sp³-hybridized carbons (Fsp3) is 0.429. The predicted molar refractivity (Wildman–Crippen MR) is 107 cm³/mol. The summed E-state index contributed by atoms with van der Waals surface area (Å²) in [6.45, 7) is 1.88. The SMILES string of the molecule is Cc1nc(COc2ccc(C(=O)OCC(=O)NC3(C#N)CCCCC3)cc2)cs1. The van der Waals surface area contributed by atoms with Crippen LogP contribution in [-0.2, 0) is 16.1 Å². The zero-order valence-electron chi connectivity index (χ0n) is 16.3. The van der Waals surface area contributed by atoms with Crippen molar-refractivity contribution in [1.82, 2.24) is 10.3 Å². The fourth-order valence-corrected chi connectivity index (χ4v) is 3.85. The molecule has 8 heteroatoms. The van der Waals surface area contributed by atoms with Crippen molar-refractivity contribution in [3.63, 3.8) is 0 Å². The molecule has 0 radical (unpaired) electrons. The molecular formula is C21H23N3O4S. The summed E-state index contributed by atoms with van der Waals surface area (Å²) in [4.78, 5) is 28.6. The van der Waals surface area contributed by atoms with Gasteiger partial charge in [-0.25, -0.2) is 9.78 Å². The van der Waals surface area contributed by atoms with E-state index in [1.165, 1.54) is 0 Å². The highest BCUT2D eigenvalue weighted by Crippen LogP contribution is 2.27. The number of nitrogens with zero attached hydrogens (tertiary/aromatic N) is 2. The number of carbonyl (C=O) groups excluding carboxylic acids is 2. The number of esters is 1. The predicted octanol–water partition coefficient (Wildman–Crippen LogP) is 3.53. The van der Waals surface area contributed by atoms with Crippen LogP contribution in [0.1, 0.15) is 53.2 Å². The van der Waals surface area contributed by atoms with Crippen molar-refractivity contribution in [3.8, 4) is 11.8 Å². The largest absolute Gasteiger partial charge is 0.487 e. The summed E-state index contributed by atoms with van der Waals surface area (Å²) in [5.74, 6) is -0.449. The van der Waals surface area contributed by atoms with Crippen LogP contribution < -0.4 is 10.1 Å². The summed E-state index contributed by atoms with van der Waals surface area (Å²) in [5.41, 5.74) is 0.341. The Morgan fingerprint density at radius 2 is 1.97 bits per heavy atom. The highest BCUT2D eigenvalue weighted by molar-refractivity contribution is 7.09. The molecule has 1 N–H and O–H groups in total. The maximum Gasteiger partial charge on any atom is 0.338 e. The van der Waals surface area contributed by atoms with Crippen LogP contribution in [0, 0.1) is 18.3 Å². The average molecular weight is 413 g/mol. The zero-order chi connectivity index (χ0) is 20.7. The van der Waals surface area contributed by atoms with Gasteiger partial charge in [0.15, 0.2) is 6.61 Å². The Bertz CT molecular complexity index is 895. The molecule has 3 rings (SSSR count). The van der Waals surface area contributed by atoms with Gasteiger partial charge in [-0.2, -0.15) is 5.26 Å². The van der Waals surface area contributed by atoms with E-state index in [2.05, 4.69) is 16.4 Å². The first-order chi connectivity index (χ1) is 14.0. The van der Waals surface area contributed by atoms with Gasteiger partial charge in [-0.15, -0.1) is 11.3 Å². The zero-order valence-corrected chi connectivity index (χ0v) is 17.1. The first kappa shape index (κ1) is 20.8. The average Bonchev–Trinajstić information content (AvgIpc) is 3.16. The van der Waals surface area contributed by atoms with Gasteiger partial charge in [-0.05, 0) is 44.0 Å². The minimum atomic E-state index is -0.837. The number of amides is 1. The summed E-state index contributed by atoms with van der Waals surface area (Å²) < 4.78 is 10.7. The Morgan fingerprint density at radius 3 is 2.59 bits per heavy atom. The molecule has 1 saturated carbocycles. The maximum absolute atomic E-state index is 12.2. The van der Waals surface area contributed by atoms with Crippen molar-refractivity contribution in [2.75, 3.05) is 6.61 Å². The maximum atomic E-state index is 12.2. The number of aryl methyl sites for hydroxylation is 1. The number of ether oxygens (including phenoxy) is 2. The molecule has 0 atom stereocenters. The summed E-state index contributed by atoms with van der Waals surface area (Å²) >= 11 is 1.56. The van der Waals surface area contributed by atoms with E-state index >= 15 is 0 Å². The number of hydrogen-bond donors (Lipinski definition) is 1. The molecule has 0 saturated heterocycles. The van der Waals surface area contributed by atoms with Crippen LogP contribution in [0.4, 0.5) is 0 Å². The monoisotopic (exact) mass is 413 g/mol. The lowest BCUT2D eigenvalue weighted by molar-refractivity contribution is -0.125. The van der Waals surface area contributed by atoms with Gasteiger partial charge in [0.25, 0.3) is 5.91 Å². The van der Waals surface area contributed by atoms with Gasteiger partial charge in [-0.3, -0.25) is 4.79 Å². The fourth-order valence-electron chi connectivity index (χ4n) is 3.26. The van der Waals surface area contributed by atoms with E-state index in [1.807, 2.05) is 12.3 Å². The number of carbonyl (C=O) groups is 2. The van der Waals surface area contributed by atoms with Crippen molar-refractivity contribution in [3.05, 3.63) is 45.9 Å². The van der Waals surface area contributed by atoms with E-state index < -0.39 is 24.0 Å². The van der Waals surface area contributed by atoms with Crippen LogP contribution in [0.25, 0.3) is 0 Å². The number of benzene rings is 1. The second kappa shape index (κ2) is 9.52. The van der Waals surface area contributed by atoms with Gasteiger partial charge in [0.1, 0.15) is 17.9 Å². The molecule has 0 spiro atoms. The molecule has 1 heterocycles. The molecule has 0 unspecified atom stereocenters. The second-order valence-electron chi connectivity index (χ2n) is 7.05. The number of aromatic nitrogens is 1. The van der Waals surface area contributed by atoms with Crippen LogP contribution >= 0.6 is 11.3 Å². The molecule has 152 valence electrons. The lowest BCUT2D eigenvalue weighted by atomic mass is 9.83. The molecule has 1 fully saturated rings. The van der Waals surface area contributed by atoms with Gasteiger partial charge >= 0.3 is 5.97 Å². The third-order valence-electron chi connectivity index (χ3n) is 4.78. The normalized spacial score (nSPS) is 15.2. The lowest BCUT2D eigenvalue weighted by Crippen LogP contribution is -2.50. The number of hydrogen-bond acceptors (Lipinski definition) is 7. The van der Waals surface area contributed by atoms with E-state index in [4.69, 9.17) is 9.47 Å². The Morgan fingerprint density at radius 1 is 1.24 bits per heavy atom. The molecule has 2 aromatic rings. The van der Waals surface area contributed by atoms with Crippen LogP contribution in [0.2, 0.25) is 0 Å². The molecule has 29 heavy (non-hydrogen) atoms. The van der Waals surface area contributed by atoms with Gasteiger partial charge in [0.05, 0.1) is 22.3 Å². The number of nitrogens with one attached hydrogen (secondary N) is 1. The highest BCUT2D eigenvalue weighted by atomic mass is 32.1. The van der Waals surface area contributed by atoms with E-state index in [0.29, 0.717) is 30.8 Å². The Labute approximate surface area is 173 Å². The van der Waals surface area contributed by atoms with Crippen LogP contribution in [0.3, 0.4) is 0 Å². The van der Waals surface area contributed by atoms with Crippen molar-refractivity contribution >= 4 is 23.2 Å². The quantitative estimate of drug-likeness (QED) is 0.697. The molecule has 1 amide bonds. The van der Waals surface area contributed by atoms with Crippen LogP contribution in [0.15, 0.2) is 29.6 Å². The van der Waals surface area contributed by atoms with E-state index in [9.17, 15) is 14.9 Å². The molecule has 1 aromatic carbocycles. The van der Waals surface area contributed by atoms with Gasteiger partial charge in [0.2, 0.25) is 0 Å². The first-order valence-corrected chi connectivity index (χ1v) is 10.4. The summed E-state index contributed by atoms with van der Waals surface area (Å²) in [6, 6.07) is 8.71. The molecule has 1 aliphatic rings. The van der Waals surface area contributed by atoms with Gasteiger partial charge in [-0.1, -0.05) is 19.3 Å². The minimum Gasteiger partial charge on any atom is -0.487 e. The third-order valence-corrected chi connectivity index (χ3v) is 5.60. The van der Waals surface area contributed by atoms with Crippen LogP contribution in [0.5, 0.6) is 5.75 Å². The number of rotatable bonds is 7. The second-order valence-corrected chi connectivity index (χ2v) is 8.11. The van der Waals surface area contributed by atoms with Gasteiger partial charge < -0.3 is 14.8 Å². The number of thiazole rings is 1.